The minimum absolute atomic E-state index is 0.152. The van der Waals surface area contributed by atoms with Crippen LogP contribution in [0.25, 0.3) is 0 Å². The first-order valence-corrected chi connectivity index (χ1v) is 8.04. The molecule has 2 fully saturated rings. The van der Waals surface area contributed by atoms with Crippen LogP contribution in [0.15, 0.2) is 0 Å². The smallest absolute Gasteiger partial charge is 0.212 e. The van der Waals surface area contributed by atoms with Gasteiger partial charge in [-0.25, -0.2) is 8.42 Å². The molecule has 1 aliphatic carbocycles. The number of hydrogen-bond acceptors (Lipinski definition) is 3. The third-order valence-electron chi connectivity index (χ3n) is 3.88. The molecule has 0 aromatic rings. The highest BCUT2D eigenvalue weighted by molar-refractivity contribution is 7.89. The Morgan fingerprint density at radius 3 is 2.41 bits per heavy atom. The second kappa shape index (κ2) is 4.95. The molecule has 2 unspecified atom stereocenters. The van der Waals surface area contributed by atoms with Crippen molar-refractivity contribution in [2.45, 2.75) is 45.1 Å². The number of rotatable bonds is 2. The zero-order valence-electron chi connectivity index (χ0n) is 10.3. The van der Waals surface area contributed by atoms with Gasteiger partial charge >= 0.3 is 0 Å². The van der Waals surface area contributed by atoms with Crippen molar-refractivity contribution in [2.24, 2.45) is 11.8 Å². The minimum Gasteiger partial charge on any atom is -0.212 e. The van der Waals surface area contributed by atoms with Gasteiger partial charge in [0.2, 0.25) is 10.0 Å². The van der Waals surface area contributed by atoms with Gasteiger partial charge < -0.3 is 0 Å². The van der Waals surface area contributed by atoms with Crippen LogP contribution in [0.4, 0.5) is 0 Å². The standard InChI is InChI=1S/C12H20N2O2S/c1-10-8-14(17(15,16)9-10)12(7-13)11-5-3-2-4-6-11/h10-12H,2-6,8-9H2,1H3. The van der Waals surface area contributed by atoms with E-state index in [-0.39, 0.29) is 17.6 Å². The first-order valence-electron chi connectivity index (χ1n) is 6.43. The lowest BCUT2D eigenvalue weighted by Gasteiger charge is -2.31. The normalized spacial score (nSPS) is 32.1. The molecule has 2 rings (SSSR count). The Bertz CT molecular complexity index is 407. The van der Waals surface area contributed by atoms with Crippen LogP contribution in [0.2, 0.25) is 0 Å². The Balaban J connectivity index is 2.16. The van der Waals surface area contributed by atoms with Gasteiger partial charge in [0.05, 0.1) is 11.8 Å². The summed E-state index contributed by atoms with van der Waals surface area (Å²) in [5, 5.41) is 9.30. The van der Waals surface area contributed by atoms with E-state index in [1.807, 2.05) is 6.92 Å². The molecule has 1 saturated heterocycles. The zero-order chi connectivity index (χ0) is 12.5. The molecule has 0 amide bonds. The molecule has 0 spiro atoms. The molecule has 2 atom stereocenters. The summed E-state index contributed by atoms with van der Waals surface area (Å²) in [4.78, 5) is 0. The van der Waals surface area contributed by atoms with Crippen LogP contribution in [-0.2, 0) is 10.0 Å². The van der Waals surface area contributed by atoms with E-state index in [0.717, 1.165) is 25.7 Å². The summed E-state index contributed by atoms with van der Waals surface area (Å²) >= 11 is 0. The zero-order valence-corrected chi connectivity index (χ0v) is 11.1. The predicted octanol–water partition coefficient (Wildman–Crippen LogP) is 1.74. The number of hydrogen-bond donors (Lipinski definition) is 0. The Labute approximate surface area is 104 Å². The first-order chi connectivity index (χ1) is 8.04. The quantitative estimate of drug-likeness (QED) is 0.756. The van der Waals surface area contributed by atoms with Crippen LogP contribution in [0, 0.1) is 23.2 Å². The lowest BCUT2D eigenvalue weighted by Crippen LogP contribution is -2.41. The molecular formula is C12H20N2O2S. The predicted molar refractivity (Wildman–Crippen MR) is 65.6 cm³/mol. The van der Waals surface area contributed by atoms with Gasteiger partial charge in [-0.05, 0) is 24.7 Å². The average molecular weight is 256 g/mol. The average Bonchev–Trinajstić information content (AvgIpc) is 2.55. The number of sulfonamides is 1. The summed E-state index contributed by atoms with van der Waals surface area (Å²) in [6, 6.07) is 1.81. The van der Waals surface area contributed by atoms with Crippen molar-refractivity contribution in [1.29, 1.82) is 5.26 Å². The maximum atomic E-state index is 12.0. The van der Waals surface area contributed by atoms with E-state index in [4.69, 9.17) is 0 Å². The maximum Gasteiger partial charge on any atom is 0.215 e. The van der Waals surface area contributed by atoms with E-state index in [9.17, 15) is 13.7 Å². The second-order valence-corrected chi connectivity index (χ2v) is 7.39. The van der Waals surface area contributed by atoms with E-state index in [2.05, 4.69) is 6.07 Å². The van der Waals surface area contributed by atoms with Gasteiger partial charge in [0.25, 0.3) is 0 Å². The minimum atomic E-state index is -3.19. The van der Waals surface area contributed by atoms with Gasteiger partial charge in [-0.2, -0.15) is 9.57 Å². The lowest BCUT2D eigenvalue weighted by atomic mass is 9.84. The molecule has 5 heteroatoms. The second-order valence-electron chi connectivity index (χ2n) is 5.43. The molecule has 1 heterocycles. The molecule has 0 radical (unpaired) electrons. The highest BCUT2D eigenvalue weighted by Gasteiger charge is 2.41. The van der Waals surface area contributed by atoms with Crippen molar-refractivity contribution in [3.8, 4) is 6.07 Å². The molecule has 0 bridgehead atoms. The molecule has 2 aliphatic rings. The molecule has 4 nitrogen and oxygen atoms in total. The molecule has 0 aromatic heterocycles. The summed E-state index contributed by atoms with van der Waals surface area (Å²) < 4.78 is 25.4. The fourth-order valence-corrected chi connectivity index (χ4v) is 5.13. The third-order valence-corrected chi connectivity index (χ3v) is 5.96. The van der Waals surface area contributed by atoms with E-state index >= 15 is 0 Å². The Kier molecular flexibility index (Phi) is 3.74. The van der Waals surface area contributed by atoms with E-state index in [0.29, 0.717) is 6.54 Å². The first kappa shape index (κ1) is 12.8. The molecule has 1 saturated carbocycles. The molecule has 0 N–H and O–H groups in total. The van der Waals surface area contributed by atoms with Crippen molar-refractivity contribution in [1.82, 2.24) is 4.31 Å². The van der Waals surface area contributed by atoms with Crippen LogP contribution in [0.3, 0.4) is 0 Å². The van der Waals surface area contributed by atoms with Crippen molar-refractivity contribution in [2.75, 3.05) is 12.3 Å². The number of nitrogens with zero attached hydrogens (tertiary/aromatic N) is 2. The summed E-state index contributed by atoms with van der Waals surface area (Å²) in [6.07, 6.45) is 5.48. The molecule has 17 heavy (non-hydrogen) atoms. The van der Waals surface area contributed by atoms with Crippen LogP contribution < -0.4 is 0 Å². The molecule has 0 aromatic carbocycles. The molecule has 1 aliphatic heterocycles. The highest BCUT2D eigenvalue weighted by Crippen LogP contribution is 2.32. The third kappa shape index (κ3) is 2.63. The Hall–Kier alpha value is -0.600. The van der Waals surface area contributed by atoms with Crippen molar-refractivity contribution in [3.63, 3.8) is 0 Å². The van der Waals surface area contributed by atoms with Gasteiger partial charge in [-0.3, -0.25) is 0 Å². The van der Waals surface area contributed by atoms with Gasteiger partial charge in [-0.1, -0.05) is 26.2 Å². The van der Waals surface area contributed by atoms with Crippen LogP contribution in [-0.4, -0.2) is 31.1 Å². The summed E-state index contributed by atoms with van der Waals surface area (Å²) in [6.45, 7) is 2.46. The van der Waals surface area contributed by atoms with E-state index in [1.54, 1.807) is 0 Å². The van der Waals surface area contributed by atoms with Crippen LogP contribution in [0.5, 0.6) is 0 Å². The van der Waals surface area contributed by atoms with Gasteiger partial charge in [0.15, 0.2) is 0 Å². The maximum absolute atomic E-state index is 12.0. The topological polar surface area (TPSA) is 61.2 Å². The number of nitriles is 1. The SMILES string of the molecule is CC1CN(C(C#N)C2CCCCC2)S(=O)(=O)C1. The van der Waals surface area contributed by atoms with Gasteiger partial charge in [0.1, 0.15) is 6.04 Å². The van der Waals surface area contributed by atoms with E-state index < -0.39 is 16.1 Å². The summed E-state index contributed by atoms with van der Waals surface area (Å²) in [5.74, 6) is 0.603. The van der Waals surface area contributed by atoms with Gasteiger partial charge in [-0.15, -0.1) is 0 Å². The summed E-state index contributed by atoms with van der Waals surface area (Å²) in [5.41, 5.74) is 0. The monoisotopic (exact) mass is 256 g/mol. The van der Waals surface area contributed by atoms with Crippen LogP contribution in [0.1, 0.15) is 39.0 Å². The Morgan fingerprint density at radius 1 is 1.29 bits per heavy atom. The Morgan fingerprint density at radius 2 is 1.94 bits per heavy atom. The lowest BCUT2D eigenvalue weighted by molar-refractivity contribution is 0.233. The van der Waals surface area contributed by atoms with Crippen LogP contribution >= 0.6 is 0 Å². The molecule has 96 valence electrons. The fourth-order valence-electron chi connectivity index (χ4n) is 3.07. The largest absolute Gasteiger partial charge is 0.215 e. The van der Waals surface area contributed by atoms with Crippen molar-refractivity contribution in [3.05, 3.63) is 0 Å². The molecular weight excluding hydrogens is 236 g/mol. The highest BCUT2D eigenvalue weighted by atomic mass is 32.2. The van der Waals surface area contributed by atoms with Crippen molar-refractivity contribution >= 4 is 10.0 Å². The van der Waals surface area contributed by atoms with Gasteiger partial charge in [0, 0.05) is 6.54 Å². The van der Waals surface area contributed by atoms with Crippen molar-refractivity contribution < 1.29 is 8.42 Å². The van der Waals surface area contributed by atoms with E-state index in [1.165, 1.54) is 10.7 Å². The fraction of sp³-hybridized carbons (Fsp3) is 0.917. The summed E-state index contributed by atoms with van der Waals surface area (Å²) in [7, 11) is -3.19.